The highest BCUT2D eigenvalue weighted by atomic mass is 35.5. The van der Waals surface area contributed by atoms with E-state index in [9.17, 15) is 0 Å². The van der Waals surface area contributed by atoms with E-state index in [1.807, 2.05) is 0 Å². The van der Waals surface area contributed by atoms with Crippen LogP contribution in [-0.4, -0.2) is 23.4 Å². The zero-order valence-corrected chi connectivity index (χ0v) is 13.5. The third kappa shape index (κ3) is 5.76. The molecule has 3 heteroatoms. The lowest BCUT2D eigenvalue weighted by atomic mass is 10.1. The average Bonchev–Trinajstić information content (AvgIpc) is 2.45. The Balaban J connectivity index is 0.00000180. The summed E-state index contributed by atoms with van der Waals surface area (Å²) in [5, 5.41) is 0.688. The van der Waals surface area contributed by atoms with Gasteiger partial charge in [0.05, 0.1) is 5.37 Å². The molecule has 1 nitrogen and oxygen atoms in total. The SMILES string of the molecule is CCCCC(Sc1ccccc1)N1CCCCC1.Cl. The van der Waals surface area contributed by atoms with E-state index in [1.165, 1.54) is 56.5 Å². The highest BCUT2D eigenvalue weighted by Crippen LogP contribution is 2.30. The summed E-state index contributed by atoms with van der Waals surface area (Å²) in [6.07, 6.45) is 8.18. The summed E-state index contributed by atoms with van der Waals surface area (Å²) < 4.78 is 0. The van der Waals surface area contributed by atoms with Gasteiger partial charge < -0.3 is 0 Å². The molecule has 2 rings (SSSR count). The molecule has 1 heterocycles. The molecule has 1 atom stereocenters. The molecule has 0 N–H and O–H groups in total. The maximum atomic E-state index is 2.71. The van der Waals surface area contributed by atoms with Crippen molar-refractivity contribution in [3.63, 3.8) is 0 Å². The van der Waals surface area contributed by atoms with Crippen molar-refractivity contribution in [1.82, 2.24) is 4.90 Å². The molecule has 1 aliphatic rings. The number of piperidine rings is 1. The molecule has 19 heavy (non-hydrogen) atoms. The van der Waals surface area contributed by atoms with Gasteiger partial charge in [-0.3, -0.25) is 4.90 Å². The summed E-state index contributed by atoms with van der Waals surface area (Å²) in [6.45, 7) is 4.89. The van der Waals surface area contributed by atoms with Crippen molar-refractivity contribution in [1.29, 1.82) is 0 Å². The molecule has 1 fully saturated rings. The molecule has 0 aromatic heterocycles. The van der Waals surface area contributed by atoms with Crippen LogP contribution in [0.15, 0.2) is 35.2 Å². The Morgan fingerprint density at radius 3 is 2.42 bits per heavy atom. The third-order valence-electron chi connectivity index (χ3n) is 3.62. The van der Waals surface area contributed by atoms with Crippen molar-refractivity contribution in [2.75, 3.05) is 13.1 Å². The number of nitrogens with zero attached hydrogens (tertiary/aromatic N) is 1. The first-order valence-corrected chi connectivity index (χ1v) is 8.24. The highest BCUT2D eigenvalue weighted by molar-refractivity contribution is 7.99. The van der Waals surface area contributed by atoms with Crippen molar-refractivity contribution in [2.45, 2.75) is 55.7 Å². The van der Waals surface area contributed by atoms with Gasteiger partial charge in [0, 0.05) is 4.90 Å². The molecule has 1 unspecified atom stereocenters. The molecule has 0 bridgehead atoms. The monoisotopic (exact) mass is 299 g/mol. The second kappa shape index (κ2) is 9.68. The van der Waals surface area contributed by atoms with Gasteiger partial charge in [0.1, 0.15) is 0 Å². The van der Waals surface area contributed by atoms with Crippen LogP contribution in [0.1, 0.15) is 45.4 Å². The second-order valence-electron chi connectivity index (χ2n) is 5.12. The maximum absolute atomic E-state index is 2.71. The largest absolute Gasteiger partial charge is 0.291 e. The number of likely N-dealkylation sites (tertiary alicyclic amines) is 1. The van der Waals surface area contributed by atoms with Gasteiger partial charge in [-0.05, 0) is 44.5 Å². The standard InChI is InChI=1S/C16H25NS.ClH/c1-2-3-12-16(17-13-8-5-9-14-17)18-15-10-6-4-7-11-15;/h4,6-7,10-11,16H,2-3,5,8-9,12-14H2,1H3;1H. The minimum atomic E-state index is 0. The van der Waals surface area contributed by atoms with E-state index in [0.29, 0.717) is 5.37 Å². The fourth-order valence-corrected chi connectivity index (χ4v) is 3.83. The van der Waals surface area contributed by atoms with Crippen LogP contribution >= 0.6 is 24.2 Å². The van der Waals surface area contributed by atoms with Crippen LogP contribution in [-0.2, 0) is 0 Å². The van der Waals surface area contributed by atoms with Crippen molar-refractivity contribution in [3.8, 4) is 0 Å². The quantitative estimate of drug-likeness (QED) is 0.664. The normalized spacial score (nSPS) is 17.7. The third-order valence-corrected chi connectivity index (χ3v) is 4.97. The summed E-state index contributed by atoms with van der Waals surface area (Å²) in [7, 11) is 0. The van der Waals surface area contributed by atoms with Crippen LogP contribution in [0.3, 0.4) is 0 Å². The number of hydrogen-bond acceptors (Lipinski definition) is 2. The van der Waals surface area contributed by atoms with Crippen molar-refractivity contribution in [3.05, 3.63) is 30.3 Å². The Kier molecular flexibility index (Phi) is 8.60. The van der Waals surface area contributed by atoms with Gasteiger partial charge in [0.2, 0.25) is 0 Å². The molecule has 1 aliphatic heterocycles. The van der Waals surface area contributed by atoms with E-state index in [2.05, 4.69) is 53.9 Å². The van der Waals surface area contributed by atoms with Gasteiger partial charge in [-0.2, -0.15) is 0 Å². The second-order valence-corrected chi connectivity index (χ2v) is 6.38. The van der Waals surface area contributed by atoms with E-state index in [0.717, 1.165) is 0 Å². The molecule has 0 spiro atoms. The van der Waals surface area contributed by atoms with Crippen LogP contribution in [0, 0.1) is 0 Å². The molecule has 0 saturated carbocycles. The fourth-order valence-electron chi connectivity index (χ4n) is 2.56. The molecule has 1 aromatic carbocycles. The Hall–Kier alpha value is -0.180. The topological polar surface area (TPSA) is 3.24 Å². The van der Waals surface area contributed by atoms with E-state index in [-0.39, 0.29) is 12.4 Å². The fraction of sp³-hybridized carbons (Fsp3) is 0.625. The smallest absolute Gasteiger partial charge is 0.0604 e. The molecular weight excluding hydrogens is 274 g/mol. The van der Waals surface area contributed by atoms with E-state index < -0.39 is 0 Å². The first kappa shape index (κ1) is 16.9. The van der Waals surface area contributed by atoms with Crippen LogP contribution in [0.5, 0.6) is 0 Å². The zero-order chi connectivity index (χ0) is 12.6. The van der Waals surface area contributed by atoms with Gasteiger partial charge in [0.25, 0.3) is 0 Å². The zero-order valence-electron chi connectivity index (χ0n) is 11.9. The molecule has 0 radical (unpaired) electrons. The van der Waals surface area contributed by atoms with E-state index >= 15 is 0 Å². The minimum Gasteiger partial charge on any atom is -0.291 e. The number of rotatable bonds is 6. The van der Waals surface area contributed by atoms with Crippen molar-refractivity contribution < 1.29 is 0 Å². The lowest BCUT2D eigenvalue weighted by Gasteiger charge is -2.34. The summed E-state index contributed by atoms with van der Waals surface area (Å²) in [5.74, 6) is 0. The molecule has 108 valence electrons. The van der Waals surface area contributed by atoms with Crippen LogP contribution in [0.2, 0.25) is 0 Å². The van der Waals surface area contributed by atoms with Crippen molar-refractivity contribution in [2.24, 2.45) is 0 Å². The van der Waals surface area contributed by atoms with Gasteiger partial charge in [0.15, 0.2) is 0 Å². The average molecular weight is 300 g/mol. The molecule has 1 saturated heterocycles. The maximum Gasteiger partial charge on any atom is 0.0604 e. The summed E-state index contributed by atoms with van der Waals surface area (Å²) in [6, 6.07) is 10.9. The van der Waals surface area contributed by atoms with Gasteiger partial charge in [-0.25, -0.2) is 0 Å². The van der Waals surface area contributed by atoms with Crippen LogP contribution in [0.25, 0.3) is 0 Å². The van der Waals surface area contributed by atoms with Gasteiger partial charge in [-0.1, -0.05) is 44.4 Å². The number of halogens is 1. The summed E-state index contributed by atoms with van der Waals surface area (Å²) >= 11 is 2.06. The lowest BCUT2D eigenvalue weighted by molar-refractivity contribution is 0.205. The summed E-state index contributed by atoms with van der Waals surface area (Å²) in [4.78, 5) is 4.13. The molecule has 0 aliphatic carbocycles. The predicted molar refractivity (Wildman–Crippen MR) is 88.3 cm³/mol. The van der Waals surface area contributed by atoms with Crippen molar-refractivity contribution >= 4 is 24.2 Å². The van der Waals surface area contributed by atoms with Gasteiger partial charge >= 0.3 is 0 Å². The molecular formula is C16H26ClNS. The Morgan fingerprint density at radius 2 is 1.79 bits per heavy atom. The molecule has 0 amide bonds. The summed E-state index contributed by atoms with van der Waals surface area (Å²) in [5.41, 5.74) is 0. The Labute approximate surface area is 128 Å². The molecule has 1 aromatic rings. The lowest BCUT2D eigenvalue weighted by Crippen LogP contribution is -2.37. The first-order chi connectivity index (χ1) is 8.90. The highest BCUT2D eigenvalue weighted by Gasteiger charge is 2.20. The number of thioether (sulfide) groups is 1. The number of hydrogen-bond donors (Lipinski definition) is 0. The van der Waals surface area contributed by atoms with Crippen LogP contribution < -0.4 is 0 Å². The van der Waals surface area contributed by atoms with Crippen LogP contribution in [0.4, 0.5) is 0 Å². The number of benzene rings is 1. The van der Waals surface area contributed by atoms with E-state index in [4.69, 9.17) is 0 Å². The Morgan fingerprint density at radius 1 is 1.11 bits per heavy atom. The van der Waals surface area contributed by atoms with E-state index in [1.54, 1.807) is 0 Å². The minimum absolute atomic E-state index is 0. The Bertz CT molecular complexity index is 325. The predicted octanol–water partition coefficient (Wildman–Crippen LogP) is 5.20. The van der Waals surface area contributed by atoms with Gasteiger partial charge in [-0.15, -0.1) is 24.2 Å². The number of unbranched alkanes of at least 4 members (excludes halogenated alkanes) is 1. The first-order valence-electron chi connectivity index (χ1n) is 7.36.